The highest BCUT2D eigenvalue weighted by Crippen LogP contribution is 2.21. The normalized spacial score (nSPS) is 19.1. The summed E-state index contributed by atoms with van der Waals surface area (Å²) in [5.41, 5.74) is 0.153. The summed E-state index contributed by atoms with van der Waals surface area (Å²) in [5.74, 6) is -0.744. The Kier molecular flexibility index (Phi) is 6.61. The molecular weight excluding hydrogens is 307 g/mol. The summed E-state index contributed by atoms with van der Waals surface area (Å²) in [6.07, 6.45) is 4.41. The van der Waals surface area contributed by atoms with Gasteiger partial charge in [-0.25, -0.2) is 4.39 Å². The summed E-state index contributed by atoms with van der Waals surface area (Å²) < 4.78 is 13.6. The van der Waals surface area contributed by atoms with Gasteiger partial charge in [0.05, 0.1) is 5.69 Å². The molecule has 1 saturated heterocycles. The third-order valence-corrected chi connectivity index (χ3v) is 4.28. The molecule has 0 saturated carbocycles. The molecule has 4 nitrogen and oxygen atoms in total. The van der Waals surface area contributed by atoms with Gasteiger partial charge in [0.25, 0.3) is 0 Å². The van der Waals surface area contributed by atoms with Crippen molar-refractivity contribution in [2.24, 2.45) is 0 Å². The first-order chi connectivity index (χ1) is 10.6. The van der Waals surface area contributed by atoms with Crippen LogP contribution in [0.15, 0.2) is 18.2 Å². The van der Waals surface area contributed by atoms with E-state index in [4.69, 9.17) is 16.7 Å². The molecule has 0 aliphatic carbocycles. The Labute approximate surface area is 135 Å². The Morgan fingerprint density at radius 3 is 3.00 bits per heavy atom. The van der Waals surface area contributed by atoms with Crippen molar-refractivity contribution in [3.8, 4) is 0 Å². The second-order valence-electron chi connectivity index (χ2n) is 5.62. The molecule has 2 N–H and O–H groups in total. The van der Waals surface area contributed by atoms with Crippen LogP contribution in [0.1, 0.15) is 32.1 Å². The smallest absolute Gasteiger partial charge is 0.225 e. The molecule has 122 valence electrons. The molecule has 6 heteroatoms. The van der Waals surface area contributed by atoms with Crippen molar-refractivity contribution in [1.29, 1.82) is 0 Å². The van der Waals surface area contributed by atoms with Gasteiger partial charge in [-0.3, -0.25) is 9.69 Å². The van der Waals surface area contributed by atoms with Crippen molar-refractivity contribution in [1.82, 2.24) is 4.90 Å². The van der Waals surface area contributed by atoms with Crippen molar-refractivity contribution in [3.05, 3.63) is 29.0 Å². The van der Waals surface area contributed by atoms with E-state index in [0.717, 1.165) is 25.8 Å². The molecule has 1 aliphatic rings. The zero-order valence-corrected chi connectivity index (χ0v) is 13.3. The van der Waals surface area contributed by atoms with Crippen LogP contribution in [0.25, 0.3) is 0 Å². The Bertz CT molecular complexity index is 511. The zero-order chi connectivity index (χ0) is 15.9. The molecule has 0 radical (unpaired) electrons. The predicted octanol–water partition coefficient (Wildman–Crippen LogP) is 3.04. The van der Waals surface area contributed by atoms with E-state index in [2.05, 4.69) is 10.2 Å². The first kappa shape index (κ1) is 17.2. The number of piperidine rings is 1. The predicted molar refractivity (Wildman–Crippen MR) is 85.6 cm³/mol. The van der Waals surface area contributed by atoms with Crippen molar-refractivity contribution in [3.63, 3.8) is 0 Å². The molecule has 0 bridgehead atoms. The number of nitrogens with one attached hydrogen (secondary N) is 1. The summed E-state index contributed by atoms with van der Waals surface area (Å²) in [4.78, 5) is 14.2. The molecule has 1 aromatic carbocycles. The Hall–Kier alpha value is -1.17. The average Bonchev–Trinajstić information content (AvgIpc) is 2.49. The number of aliphatic hydroxyl groups excluding tert-OH is 1. The van der Waals surface area contributed by atoms with Gasteiger partial charge in [0, 0.05) is 30.6 Å². The molecule has 1 fully saturated rings. The van der Waals surface area contributed by atoms with E-state index in [0.29, 0.717) is 24.0 Å². The van der Waals surface area contributed by atoms with Gasteiger partial charge in [0.1, 0.15) is 5.82 Å². The Morgan fingerprint density at radius 2 is 2.27 bits per heavy atom. The molecule has 1 aliphatic heterocycles. The minimum absolute atomic E-state index is 0.153. The standard InChI is InChI=1S/C16H22ClFN2O2/c17-12-4-5-15(14(18)11-12)19-16(22)6-9-20-8-2-1-3-13(20)7-10-21/h4-5,11,13,21H,1-3,6-10H2,(H,19,22). The van der Waals surface area contributed by atoms with Crippen LogP contribution in [-0.4, -0.2) is 41.7 Å². The first-order valence-electron chi connectivity index (χ1n) is 7.70. The van der Waals surface area contributed by atoms with Gasteiger partial charge in [-0.2, -0.15) is 0 Å². The van der Waals surface area contributed by atoms with E-state index in [9.17, 15) is 9.18 Å². The lowest BCUT2D eigenvalue weighted by Crippen LogP contribution is -2.41. The highest BCUT2D eigenvalue weighted by Gasteiger charge is 2.22. The fourth-order valence-electron chi connectivity index (χ4n) is 2.88. The molecule has 1 amide bonds. The molecule has 2 rings (SSSR count). The number of benzene rings is 1. The van der Waals surface area contributed by atoms with E-state index >= 15 is 0 Å². The second-order valence-corrected chi connectivity index (χ2v) is 6.06. The fraction of sp³-hybridized carbons (Fsp3) is 0.562. The third-order valence-electron chi connectivity index (χ3n) is 4.04. The monoisotopic (exact) mass is 328 g/mol. The van der Waals surface area contributed by atoms with Crippen molar-refractivity contribution >= 4 is 23.2 Å². The number of likely N-dealkylation sites (tertiary alicyclic amines) is 1. The van der Waals surface area contributed by atoms with Crippen LogP contribution in [0.2, 0.25) is 5.02 Å². The number of carbonyl (C=O) groups excluding carboxylic acids is 1. The van der Waals surface area contributed by atoms with E-state index in [1.807, 2.05) is 0 Å². The topological polar surface area (TPSA) is 52.6 Å². The maximum Gasteiger partial charge on any atom is 0.225 e. The molecule has 0 aromatic heterocycles. The highest BCUT2D eigenvalue weighted by atomic mass is 35.5. The third kappa shape index (κ3) is 4.93. The van der Waals surface area contributed by atoms with Crippen molar-refractivity contribution in [2.75, 3.05) is 25.0 Å². The van der Waals surface area contributed by atoms with Gasteiger partial charge in [0.2, 0.25) is 5.91 Å². The van der Waals surface area contributed by atoms with Gasteiger partial charge in [0.15, 0.2) is 0 Å². The summed E-state index contributed by atoms with van der Waals surface area (Å²) >= 11 is 5.68. The Balaban J connectivity index is 1.83. The maximum atomic E-state index is 13.6. The van der Waals surface area contributed by atoms with Crippen LogP contribution in [0.4, 0.5) is 10.1 Å². The van der Waals surface area contributed by atoms with Gasteiger partial charge >= 0.3 is 0 Å². The number of nitrogens with zero attached hydrogens (tertiary/aromatic N) is 1. The molecule has 22 heavy (non-hydrogen) atoms. The van der Waals surface area contributed by atoms with E-state index < -0.39 is 5.82 Å². The van der Waals surface area contributed by atoms with E-state index in [-0.39, 0.29) is 18.2 Å². The lowest BCUT2D eigenvalue weighted by Gasteiger charge is -2.35. The lowest BCUT2D eigenvalue weighted by atomic mass is 9.99. The molecule has 1 heterocycles. The van der Waals surface area contributed by atoms with Crippen LogP contribution in [0, 0.1) is 5.82 Å². The summed E-state index contributed by atoms with van der Waals surface area (Å²) in [7, 11) is 0. The van der Waals surface area contributed by atoms with Gasteiger partial charge in [-0.1, -0.05) is 18.0 Å². The summed E-state index contributed by atoms with van der Waals surface area (Å²) in [6.45, 7) is 1.75. The average molecular weight is 329 g/mol. The first-order valence-corrected chi connectivity index (χ1v) is 8.08. The number of halogens is 2. The molecule has 1 unspecified atom stereocenters. The maximum absolute atomic E-state index is 13.6. The van der Waals surface area contributed by atoms with Crippen molar-refractivity contribution in [2.45, 2.75) is 38.1 Å². The van der Waals surface area contributed by atoms with Crippen LogP contribution in [-0.2, 0) is 4.79 Å². The number of hydrogen-bond donors (Lipinski definition) is 2. The van der Waals surface area contributed by atoms with Gasteiger partial charge in [-0.15, -0.1) is 0 Å². The summed E-state index contributed by atoms with van der Waals surface area (Å²) in [5, 5.41) is 12.0. The van der Waals surface area contributed by atoms with E-state index in [1.54, 1.807) is 6.07 Å². The minimum Gasteiger partial charge on any atom is -0.396 e. The van der Waals surface area contributed by atoms with Crippen LogP contribution >= 0.6 is 11.6 Å². The van der Waals surface area contributed by atoms with Crippen LogP contribution in [0.5, 0.6) is 0 Å². The minimum atomic E-state index is -0.531. The second kappa shape index (κ2) is 8.46. The largest absolute Gasteiger partial charge is 0.396 e. The Morgan fingerprint density at radius 1 is 1.45 bits per heavy atom. The van der Waals surface area contributed by atoms with Crippen LogP contribution in [0.3, 0.4) is 0 Å². The fourth-order valence-corrected chi connectivity index (χ4v) is 3.04. The SMILES string of the molecule is O=C(CCN1CCCCC1CCO)Nc1ccc(Cl)cc1F. The molecule has 1 aromatic rings. The molecular formula is C16H22ClFN2O2. The number of hydrogen-bond acceptors (Lipinski definition) is 3. The quantitative estimate of drug-likeness (QED) is 0.844. The number of carbonyl (C=O) groups is 1. The number of aliphatic hydroxyl groups is 1. The molecule has 1 atom stereocenters. The highest BCUT2D eigenvalue weighted by molar-refractivity contribution is 6.30. The number of anilines is 1. The summed E-state index contributed by atoms with van der Waals surface area (Å²) in [6, 6.07) is 4.53. The van der Waals surface area contributed by atoms with Crippen molar-refractivity contribution < 1.29 is 14.3 Å². The van der Waals surface area contributed by atoms with Gasteiger partial charge in [-0.05, 0) is 44.0 Å². The van der Waals surface area contributed by atoms with Gasteiger partial charge < -0.3 is 10.4 Å². The molecule has 0 spiro atoms. The lowest BCUT2D eigenvalue weighted by molar-refractivity contribution is -0.116. The van der Waals surface area contributed by atoms with E-state index in [1.165, 1.54) is 18.6 Å². The number of rotatable bonds is 6. The zero-order valence-electron chi connectivity index (χ0n) is 12.5. The van der Waals surface area contributed by atoms with Crippen LogP contribution < -0.4 is 5.32 Å². The number of amides is 1.